The van der Waals surface area contributed by atoms with Gasteiger partial charge in [0, 0.05) is 0 Å². The molecule has 0 atom stereocenters. The van der Waals surface area contributed by atoms with Gasteiger partial charge in [-0.25, -0.2) is 4.68 Å². The van der Waals surface area contributed by atoms with Crippen LogP contribution in [0.5, 0.6) is 5.75 Å². The van der Waals surface area contributed by atoms with Crippen LogP contribution in [0.3, 0.4) is 0 Å². The Bertz CT molecular complexity index is 1100. The summed E-state index contributed by atoms with van der Waals surface area (Å²) in [6.45, 7) is 1.25. The van der Waals surface area contributed by atoms with E-state index in [1.165, 1.54) is 7.11 Å². The van der Waals surface area contributed by atoms with Gasteiger partial charge in [-0.1, -0.05) is 30.3 Å². The predicted molar refractivity (Wildman–Crippen MR) is 108 cm³/mol. The number of benzene rings is 2. The summed E-state index contributed by atoms with van der Waals surface area (Å²) in [6.07, 6.45) is 0. The number of nitrogens with zero attached hydrogens (tertiary/aromatic N) is 3. The molecule has 1 N–H and O–H groups in total. The first kappa shape index (κ1) is 20.6. The van der Waals surface area contributed by atoms with Crippen LogP contribution in [0.1, 0.15) is 27.3 Å². The van der Waals surface area contributed by atoms with E-state index in [1.807, 2.05) is 30.3 Å². The zero-order valence-electron chi connectivity index (χ0n) is 16.6. The average Bonchev–Trinajstić information content (AvgIpc) is 3.11. The van der Waals surface area contributed by atoms with Gasteiger partial charge in [0.2, 0.25) is 0 Å². The molecule has 1 heterocycles. The van der Waals surface area contributed by atoms with E-state index in [0.717, 1.165) is 5.69 Å². The van der Waals surface area contributed by atoms with Crippen molar-refractivity contribution >= 4 is 11.9 Å². The number of ether oxygens (including phenoxy) is 2. The number of aryl methyl sites for hydroxylation is 1. The second kappa shape index (κ2) is 9.39. The molecule has 30 heavy (non-hydrogen) atoms. The number of carbonyl (C=O) groups is 2. The van der Waals surface area contributed by atoms with Crippen molar-refractivity contribution in [3.8, 4) is 17.5 Å². The van der Waals surface area contributed by atoms with Gasteiger partial charge in [-0.05, 0) is 31.2 Å². The Morgan fingerprint density at radius 2 is 1.83 bits per heavy atom. The van der Waals surface area contributed by atoms with Crippen molar-refractivity contribution in [2.45, 2.75) is 13.5 Å². The van der Waals surface area contributed by atoms with E-state index in [2.05, 4.69) is 16.5 Å². The van der Waals surface area contributed by atoms with E-state index >= 15 is 0 Å². The highest BCUT2D eigenvalue weighted by molar-refractivity contribution is 5.98. The topological polar surface area (TPSA) is 106 Å². The summed E-state index contributed by atoms with van der Waals surface area (Å²) in [6, 6.07) is 18.0. The Kier molecular flexibility index (Phi) is 6.45. The van der Waals surface area contributed by atoms with Crippen molar-refractivity contribution in [3.63, 3.8) is 0 Å². The Morgan fingerprint density at radius 3 is 2.53 bits per heavy atom. The van der Waals surface area contributed by atoms with Gasteiger partial charge in [0.25, 0.3) is 5.91 Å². The van der Waals surface area contributed by atoms with Crippen LogP contribution in [0, 0.1) is 18.3 Å². The first-order chi connectivity index (χ1) is 14.5. The standard InChI is InChI=1S/C22H20N4O4/c1-15-18(12-23)19(26(25-15)16-8-4-3-5-9-16)14-30-21(27)13-24-22(28)17-10-6-7-11-20(17)29-2/h3-11H,13-14H2,1-2H3,(H,24,28). The van der Waals surface area contributed by atoms with Crippen LogP contribution in [0.4, 0.5) is 0 Å². The maximum atomic E-state index is 12.3. The molecule has 2 aromatic carbocycles. The van der Waals surface area contributed by atoms with E-state index < -0.39 is 11.9 Å². The monoisotopic (exact) mass is 404 g/mol. The SMILES string of the molecule is COc1ccccc1C(=O)NCC(=O)OCc1c(C#N)c(C)nn1-c1ccccc1. The number of hydrogen-bond donors (Lipinski definition) is 1. The number of carbonyl (C=O) groups excluding carboxylic acids is 2. The fourth-order valence-corrected chi connectivity index (χ4v) is 2.92. The number of aromatic nitrogens is 2. The number of nitriles is 1. The van der Waals surface area contributed by atoms with E-state index in [-0.39, 0.29) is 13.2 Å². The van der Waals surface area contributed by atoms with Gasteiger partial charge >= 0.3 is 5.97 Å². The molecule has 0 saturated carbocycles. The maximum Gasteiger partial charge on any atom is 0.325 e. The highest BCUT2D eigenvalue weighted by atomic mass is 16.5. The van der Waals surface area contributed by atoms with Gasteiger partial charge in [-0.2, -0.15) is 10.4 Å². The molecule has 0 radical (unpaired) electrons. The minimum Gasteiger partial charge on any atom is -0.496 e. The van der Waals surface area contributed by atoms with E-state index in [1.54, 1.807) is 35.9 Å². The van der Waals surface area contributed by atoms with Crippen molar-refractivity contribution in [2.75, 3.05) is 13.7 Å². The molecule has 3 aromatic rings. The third kappa shape index (κ3) is 4.47. The number of hydrogen-bond acceptors (Lipinski definition) is 6. The molecule has 1 amide bonds. The van der Waals surface area contributed by atoms with E-state index in [4.69, 9.17) is 9.47 Å². The van der Waals surface area contributed by atoms with Crippen LogP contribution in [0.2, 0.25) is 0 Å². The number of para-hydroxylation sites is 2. The lowest BCUT2D eigenvalue weighted by molar-refractivity contribution is -0.143. The third-order valence-electron chi connectivity index (χ3n) is 4.38. The van der Waals surface area contributed by atoms with Crippen LogP contribution >= 0.6 is 0 Å². The summed E-state index contributed by atoms with van der Waals surface area (Å²) in [5, 5.41) is 16.4. The van der Waals surface area contributed by atoms with Crippen LogP contribution in [-0.2, 0) is 16.1 Å². The molecule has 1 aromatic heterocycles. The molecule has 0 spiro atoms. The van der Waals surface area contributed by atoms with Crippen LogP contribution in [-0.4, -0.2) is 35.3 Å². The van der Waals surface area contributed by atoms with Crippen molar-refractivity contribution < 1.29 is 19.1 Å². The number of esters is 1. The first-order valence-corrected chi connectivity index (χ1v) is 9.16. The minimum atomic E-state index is -0.638. The van der Waals surface area contributed by atoms with Crippen molar-refractivity contribution in [2.24, 2.45) is 0 Å². The molecule has 8 heteroatoms. The zero-order chi connectivity index (χ0) is 21.5. The van der Waals surface area contributed by atoms with E-state index in [9.17, 15) is 14.9 Å². The number of amides is 1. The Labute approximate surface area is 173 Å². The maximum absolute atomic E-state index is 12.3. The normalized spacial score (nSPS) is 10.2. The molecule has 3 rings (SSSR count). The summed E-state index contributed by atoms with van der Waals surface area (Å²) in [7, 11) is 1.46. The molecular weight excluding hydrogens is 384 g/mol. The van der Waals surface area contributed by atoms with Crippen LogP contribution < -0.4 is 10.1 Å². The van der Waals surface area contributed by atoms with Crippen LogP contribution in [0.25, 0.3) is 5.69 Å². The molecule has 8 nitrogen and oxygen atoms in total. The molecule has 0 aliphatic heterocycles. The number of rotatable bonds is 7. The molecule has 0 saturated heterocycles. The molecule has 0 fully saturated rings. The number of nitrogens with one attached hydrogen (secondary N) is 1. The second-order valence-corrected chi connectivity index (χ2v) is 6.31. The fraction of sp³-hybridized carbons (Fsp3) is 0.182. The molecule has 0 bridgehead atoms. The molecule has 0 aliphatic carbocycles. The largest absolute Gasteiger partial charge is 0.496 e. The average molecular weight is 404 g/mol. The Balaban J connectivity index is 1.67. The summed E-state index contributed by atoms with van der Waals surface area (Å²) < 4.78 is 12.0. The quantitative estimate of drug-likeness (QED) is 0.607. The highest BCUT2D eigenvalue weighted by Gasteiger charge is 2.19. The van der Waals surface area contributed by atoms with E-state index in [0.29, 0.717) is 28.3 Å². The smallest absolute Gasteiger partial charge is 0.325 e. The number of methoxy groups -OCH3 is 1. The lowest BCUT2D eigenvalue weighted by Crippen LogP contribution is -2.31. The van der Waals surface area contributed by atoms with Crippen molar-refractivity contribution in [1.29, 1.82) is 5.26 Å². The Morgan fingerprint density at radius 1 is 1.13 bits per heavy atom. The van der Waals surface area contributed by atoms with Gasteiger partial charge in [-0.3, -0.25) is 9.59 Å². The predicted octanol–water partition coefficient (Wildman–Crippen LogP) is 2.53. The fourth-order valence-electron chi connectivity index (χ4n) is 2.92. The van der Waals surface area contributed by atoms with Gasteiger partial charge in [0.15, 0.2) is 0 Å². The first-order valence-electron chi connectivity index (χ1n) is 9.16. The van der Waals surface area contributed by atoms with Gasteiger partial charge in [0.1, 0.15) is 30.5 Å². The summed E-state index contributed by atoms with van der Waals surface area (Å²) in [5.41, 5.74) is 2.42. The summed E-state index contributed by atoms with van der Waals surface area (Å²) in [4.78, 5) is 24.5. The lowest BCUT2D eigenvalue weighted by Gasteiger charge is -2.10. The minimum absolute atomic E-state index is 0.151. The molecule has 0 aliphatic rings. The second-order valence-electron chi connectivity index (χ2n) is 6.31. The van der Waals surface area contributed by atoms with Crippen molar-refractivity contribution in [3.05, 3.63) is 77.1 Å². The molecule has 0 unspecified atom stereocenters. The zero-order valence-corrected chi connectivity index (χ0v) is 16.6. The van der Waals surface area contributed by atoms with Gasteiger partial charge in [0.05, 0.1) is 29.7 Å². The molecule has 152 valence electrons. The molecular formula is C22H20N4O4. The highest BCUT2D eigenvalue weighted by Crippen LogP contribution is 2.19. The summed E-state index contributed by atoms with van der Waals surface area (Å²) >= 11 is 0. The van der Waals surface area contributed by atoms with Gasteiger partial charge in [-0.15, -0.1) is 0 Å². The van der Waals surface area contributed by atoms with Crippen molar-refractivity contribution in [1.82, 2.24) is 15.1 Å². The third-order valence-corrected chi connectivity index (χ3v) is 4.38. The van der Waals surface area contributed by atoms with Gasteiger partial charge < -0.3 is 14.8 Å². The Hall–Kier alpha value is -4.12. The van der Waals surface area contributed by atoms with Crippen LogP contribution in [0.15, 0.2) is 54.6 Å². The lowest BCUT2D eigenvalue weighted by atomic mass is 10.2. The summed E-state index contributed by atoms with van der Waals surface area (Å²) in [5.74, 6) is -0.683.